The standard InChI is InChI=1S/C14H21N3O2/c1-11-10-16(12(2)9-15-11)8-7-13-3-5-14(6-4-13)17(18)19/h3-6,11-12,15H,7-10H2,1-2H3. The van der Waals surface area contributed by atoms with E-state index in [1.165, 1.54) is 0 Å². The summed E-state index contributed by atoms with van der Waals surface area (Å²) in [6.45, 7) is 7.53. The van der Waals surface area contributed by atoms with Crippen LogP contribution < -0.4 is 5.32 Å². The zero-order valence-corrected chi connectivity index (χ0v) is 11.5. The van der Waals surface area contributed by atoms with Crippen molar-refractivity contribution in [2.24, 2.45) is 0 Å². The molecule has 1 aromatic carbocycles. The largest absolute Gasteiger partial charge is 0.311 e. The third-order valence-corrected chi connectivity index (χ3v) is 3.73. The number of nitro groups is 1. The average Bonchev–Trinajstić information content (AvgIpc) is 2.40. The molecule has 0 saturated carbocycles. The first-order chi connectivity index (χ1) is 9.06. The molecule has 19 heavy (non-hydrogen) atoms. The fraction of sp³-hybridized carbons (Fsp3) is 0.571. The first kappa shape index (κ1) is 14.0. The molecule has 0 spiro atoms. The summed E-state index contributed by atoms with van der Waals surface area (Å²) < 4.78 is 0. The van der Waals surface area contributed by atoms with Crippen molar-refractivity contribution < 1.29 is 4.92 Å². The Balaban J connectivity index is 1.89. The fourth-order valence-corrected chi connectivity index (χ4v) is 2.47. The molecular weight excluding hydrogens is 242 g/mol. The van der Waals surface area contributed by atoms with Crippen molar-refractivity contribution in [2.45, 2.75) is 32.4 Å². The van der Waals surface area contributed by atoms with Crippen molar-refractivity contribution in [1.82, 2.24) is 10.2 Å². The SMILES string of the molecule is CC1CN(CCc2ccc([N+](=O)[O-])cc2)C(C)CN1. The molecule has 0 aromatic heterocycles. The fourth-order valence-electron chi connectivity index (χ4n) is 2.47. The lowest BCUT2D eigenvalue weighted by Gasteiger charge is -2.37. The van der Waals surface area contributed by atoms with E-state index in [1.807, 2.05) is 12.1 Å². The lowest BCUT2D eigenvalue weighted by atomic mass is 10.1. The molecule has 1 saturated heterocycles. The average molecular weight is 263 g/mol. The van der Waals surface area contributed by atoms with Crippen molar-refractivity contribution in [1.29, 1.82) is 0 Å². The van der Waals surface area contributed by atoms with Gasteiger partial charge >= 0.3 is 0 Å². The van der Waals surface area contributed by atoms with E-state index >= 15 is 0 Å². The van der Waals surface area contributed by atoms with Gasteiger partial charge in [0.15, 0.2) is 0 Å². The van der Waals surface area contributed by atoms with Crippen molar-refractivity contribution in [3.63, 3.8) is 0 Å². The number of piperazine rings is 1. The summed E-state index contributed by atoms with van der Waals surface area (Å²) in [4.78, 5) is 12.7. The van der Waals surface area contributed by atoms with Gasteiger partial charge < -0.3 is 5.32 Å². The minimum atomic E-state index is -0.357. The summed E-state index contributed by atoms with van der Waals surface area (Å²) in [5.41, 5.74) is 1.32. The monoisotopic (exact) mass is 263 g/mol. The van der Waals surface area contributed by atoms with E-state index in [-0.39, 0.29) is 10.6 Å². The second kappa shape index (κ2) is 6.12. The Kier molecular flexibility index (Phi) is 4.50. The van der Waals surface area contributed by atoms with Crippen LogP contribution in [0.3, 0.4) is 0 Å². The molecule has 1 aliphatic rings. The number of hydrogen-bond donors (Lipinski definition) is 1. The molecule has 0 radical (unpaired) electrons. The Bertz CT molecular complexity index is 433. The number of non-ortho nitro benzene ring substituents is 1. The zero-order valence-electron chi connectivity index (χ0n) is 11.5. The van der Waals surface area contributed by atoms with Gasteiger partial charge in [0.2, 0.25) is 0 Å². The highest BCUT2D eigenvalue weighted by molar-refractivity contribution is 5.32. The number of nitrogens with zero attached hydrogens (tertiary/aromatic N) is 2. The number of nitro benzene ring substituents is 1. The van der Waals surface area contributed by atoms with Gasteiger partial charge in [0.1, 0.15) is 0 Å². The lowest BCUT2D eigenvalue weighted by molar-refractivity contribution is -0.384. The molecule has 1 fully saturated rings. The van der Waals surface area contributed by atoms with Crippen LogP contribution in [-0.4, -0.2) is 41.5 Å². The normalized spacial score (nSPS) is 24.3. The van der Waals surface area contributed by atoms with Crippen LogP contribution in [0.15, 0.2) is 24.3 Å². The Labute approximate surface area is 113 Å². The van der Waals surface area contributed by atoms with E-state index in [0.717, 1.165) is 31.6 Å². The summed E-state index contributed by atoms with van der Waals surface area (Å²) in [6.07, 6.45) is 0.940. The summed E-state index contributed by atoms with van der Waals surface area (Å²) in [5.74, 6) is 0. The zero-order chi connectivity index (χ0) is 13.8. The highest BCUT2D eigenvalue weighted by Gasteiger charge is 2.21. The van der Waals surface area contributed by atoms with Crippen molar-refractivity contribution in [3.8, 4) is 0 Å². The van der Waals surface area contributed by atoms with E-state index in [9.17, 15) is 10.1 Å². The topological polar surface area (TPSA) is 58.4 Å². The Morgan fingerprint density at radius 1 is 1.37 bits per heavy atom. The lowest BCUT2D eigenvalue weighted by Crippen LogP contribution is -2.54. The quantitative estimate of drug-likeness (QED) is 0.665. The van der Waals surface area contributed by atoms with E-state index in [4.69, 9.17) is 0 Å². The van der Waals surface area contributed by atoms with Gasteiger partial charge in [-0.25, -0.2) is 0 Å². The molecule has 104 valence electrons. The van der Waals surface area contributed by atoms with Gasteiger partial charge in [0.05, 0.1) is 4.92 Å². The molecule has 2 rings (SSSR count). The minimum absolute atomic E-state index is 0.160. The van der Waals surface area contributed by atoms with Gasteiger partial charge in [-0.05, 0) is 25.8 Å². The van der Waals surface area contributed by atoms with Crippen LogP contribution in [0, 0.1) is 10.1 Å². The maximum atomic E-state index is 10.6. The van der Waals surface area contributed by atoms with E-state index in [1.54, 1.807) is 12.1 Å². The van der Waals surface area contributed by atoms with Crippen LogP contribution in [0.25, 0.3) is 0 Å². The van der Waals surface area contributed by atoms with Gasteiger partial charge in [-0.2, -0.15) is 0 Å². The highest BCUT2D eigenvalue weighted by atomic mass is 16.6. The number of benzene rings is 1. The molecule has 0 bridgehead atoms. The van der Waals surface area contributed by atoms with Gasteiger partial charge in [0.25, 0.3) is 5.69 Å². The Hall–Kier alpha value is -1.46. The van der Waals surface area contributed by atoms with E-state index in [2.05, 4.69) is 24.1 Å². The second-order valence-electron chi connectivity index (χ2n) is 5.33. The third-order valence-electron chi connectivity index (χ3n) is 3.73. The van der Waals surface area contributed by atoms with Crippen LogP contribution >= 0.6 is 0 Å². The third kappa shape index (κ3) is 3.75. The van der Waals surface area contributed by atoms with Crippen LogP contribution in [0.1, 0.15) is 19.4 Å². The van der Waals surface area contributed by atoms with Crippen molar-refractivity contribution in [2.75, 3.05) is 19.6 Å². The second-order valence-corrected chi connectivity index (χ2v) is 5.33. The van der Waals surface area contributed by atoms with Crippen molar-refractivity contribution in [3.05, 3.63) is 39.9 Å². The van der Waals surface area contributed by atoms with Crippen LogP contribution in [-0.2, 0) is 6.42 Å². The molecule has 0 aliphatic carbocycles. The molecule has 1 aromatic rings. The molecule has 2 unspecified atom stereocenters. The maximum absolute atomic E-state index is 10.6. The molecule has 2 atom stereocenters. The first-order valence-electron chi connectivity index (χ1n) is 6.77. The molecule has 0 amide bonds. The Morgan fingerprint density at radius 2 is 2.05 bits per heavy atom. The van der Waals surface area contributed by atoms with E-state index in [0.29, 0.717) is 12.1 Å². The Morgan fingerprint density at radius 3 is 2.68 bits per heavy atom. The molecule has 5 nitrogen and oxygen atoms in total. The summed E-state index contributed by atoms with van der Waals surface area (Å²) >= 11 is 0. The molecule has 1 heterocycles. The maximum Gasteiger partial charge on any atom is 0.269 e. The number of hydrogen-bond acceptors (Lipinski definition) is 4. The number of rotatable bonds is 4. The van der Waals surface area contributed by atoms with Gasteiger partial charge in [0, 0.05) is 43.9 Å². The molecular formula is C14H21N3O2. The molecule has 1 aliphatic heterocycles. The van der Waals surface area contributed by atoms with E-state index < -0.39 is 0 Å². The van der Waals surface area contributed by atoms with Crippen LogP contribution in [0.4, 0.5) is 5.69 Å². The van der Waals surface area contributed by atoms with Crippen LogP contribution in [0.5, 0.6) is 0 Å². The highest BCUT2D eigenvalue weighted by Crippen LogP contribution is 2.14. The summed E-state index contributed by atoms with van der Waals surface area (Å²) in [7, 11) is 0. The van der Waals surface area contributed by atoms with Crippen LogP contribution in [0.2, 0.25) is 0 Å². The molecule has 5 heteroatoms. The predicted molar refractivity (Wildman–Crippen MR) is 75.3 cm³/mol. The minimum Gasteiger partial charge on any atom is -0.311 e. The number of nitrogens with one attached hydrogen (secondary N) is 1. The summed E-state index contributed by atoms with van der Waals surface area (Å²) in [6, 6.07) is 7.96. The van der Waals surface area contributed by atoms with Gasteiger partial charge in [-0.15, -0.1) is 0 Å². The molecule has 1 N–H and O–H groups in total. The van der Waals surface area contributed by atoms with Gasteiger partial charge in [-0.3, -0.25) is 15.0 Å². The van der Waals surface area contributed by atoms with Gasteiger partial charge in [-0.1, -0.05) is 12.1 Å². The summed E-state index contributed by atoms with van der Waals surface area (Å²) in [5, 5.41) is 14.1. The van der Waals surface area contributed by atoms with Crippen molar-refractivity contribution >= 4 is 5.69 Å². The smallest absolute Gasteiger partial charge is 0.269 e. The predicted octanol–water partition coefficient (Wildman–Crippen LogP) is 1.82. The first-order valence-corrected chi connectivity index (χ1v) is 6.77.